The molecule has 1 heterocycles. The lowest BCUT2D eigenvalue weighted by Gasteiger charge is -2.39. The summed E-state index contributed by atoms with van der Waals surface area (Å²) < 4.78 is 6.10. The average Bonchev–Trinajstić information content (AvgIpc) is 3.10. The fourth-order valence-electron chi connectivity index (χ4n) is 4.17. The van der Waals surface area contributed by atoms with Crippen LogP contribution in [0, 0.1) is 12.8 Å². The van der Waals surface area contributed by atoms with Crippen molar-refractivity contribution in [2.75, 3.05) is 12.4 Å². The number of fused-ring (bicyclic) bond motifs is 3. The Morgan fingerprint density at radius 2 is 2.12 bits per heavy atom. The zero-order valence-corrected chi connectivity index (χ0v) is 15.8. The van der Waals surface area contributed by atoms with E-state index in [-0.39, 0.29) is 17.9 Å². The highest BCUT2D eigenvalue weighted by molar-refractivity contribution is 9.10. The lowest BCUT2D eigenvalue weighted by Crippen LogP contribution is -2.31. The first-order valence-electron chi connectivity index (χ1n) is 8.50. The highest BCUT2D eigenvalue weighted by Crippen LogP contribution is 2.51. The fourth-order valence-corrected chi connectivity index (χ4v) is 4.59. The van der Waals surface area contributed by atoms with Gasteiger partial charge in [0, 0.05) is 16.1 Å². The lowest BCUT2D eigenvalue weighted by molar-refractivity contribution is 0.0598. The molecule has 2 aliphatic rings. The smallest absolute Gasteiger partial charge is 0.338 e. The Hall–Kier alpha value is -2.07. The van der Waals surface area contributed by atoms with Crippen LogP contribution in [0.4, 0.5) is 5.69 Å². The van der Waals surface area contributed by atoms with Crippen LogP contribution in [0.25, 0.3) is 0 Å². The summed E-state index contributed by atoms with van der Waals surface area (Å²) in [5.74, 6) is 0.360. The van der Waals surface area contributed by atoms with Crippen molar-refractivity contribution in [2.45, 2.75) is 25.3 Å². The highest BCUT2D eigenvalue weighted by Gasteiger charge is 2.40. The third kappa shape index (κ3) is 2.69. The molecule has 0 bridgehead atoms. The molecule has 0 aromatic heterocycles. The predicted molar refractivity (Wildman–Crippen MR) is 103 cm³/mol. The van der Waals surface area contributed by atoms with E-state index < -0.39 is 0 Å². The quantitative estimate of drug-likeness (QED) is 0.546. The zero-order valence-electron chi connectivity index (χ0n) is 14.3. The molecule has 128 valence electrons. The van der Waals surface area contributed by atoms with Crippen LogP contribution in [0.15, 0.2) is 53.0 Å². The minimum absolute atomic E-state index is 0.219. The Morgan fingerprint density at radius 1 is 1.28 bits per heavy atom. The standard InChI is InChI=1S/C21H20BrNO2/c1-12-9-10-17(21(24)25-2)18-15-7-4-8-16(15)20(23-19(12)18)13-5-3-6-14(22)11-13/h3-7,9-11,15-16,20,23H,8H2,1-2H3/t15-,16+,20+/m0/s1. The number of nitrogens with one attached hydrogen (secondary N) is 1. The van der Waals surface area contributed by atoms with Gasteiger partial charge in [-0.1, -0.05) is 46.3 Å². The molecular weight excluding hydrogens is 378 g/mol. The monoisotopic (exact) mass is 397 g/mol. The topological polar surface area (TPSA) is 38.3 Å². The summed E-state index contributed by atoms with van der Waals surface area (Å²) in [5, 5.41) is 3.73. The molecule has 0 saturated heterocycles. The van der Waals surface area contributed by atoms with Crippen molar-refractivity contribution in [3.63, 3.8) is 0 Å². The van der Waals surface area contributed by atoms with Gasteiger partial charge in [0.1, 0.15) is 0 Å². The van der Waals surface area contributed by atoms with Crippen LogP contribution in [0.1, 0.15) is 45.4 Å². The largest absolute Gasteiger partial charge is 0.465 e. The van der Waals surface area contributed by atoms with E-state index in [0.717, 1.165) is 27.7 Å². The van der Waals surface area contributed by atoms with E-state index >= 15 is 0 Å². The zero-order chi connectivity index (χ0) is 17.6. The summed E-state index contributed by atoms with van der Waals surface area (Å²) in [4.78, 5) is 12.3. The van der Waals surface area contributed by atoms with Gasteiger partial charge in [0.25, 0.3) is 0 Å². The van der Waals surface area contributed by atoms with E-state index in [1.54, 1.807) is 0 Å². The van der Waals surface area contributed by atoms with E-state index in [9.17, 15) is 4.79 Å². The molecule has 1 N–H and O–H groups in total. The van der Waals surface area contributed by atoms with Crippen LogP contribution < -0.4 is 5.32 Å². The molecule has 4 heteroatoms. The molecule has 0 amide bonds. The van der Waals surface area contributed by atoms with E-state index in [2.05, 4.69) is 58.5 Å². The van der Waals surface area contributed by atoms with Gasteiger partial charge in [-0.15, -0.1) is 0 Å². The number of carbonyl (C=O) groups is 1. The first-order chi connectivity index (χ1) is 12.1. The molecule has 0 saturated carbocycles. The Morgan fingerprint density at radius 3 is 2.88 bits per heavy atom. The van der Waals surface area contributed by atoms with Gasteiger partial charge in [-0.2, -0.15) is 0 Å². The Kier molecular flexibility index (Phi) is 4.16. The number of ether oxygens (including phenoxy) is 1. The first-order valence-corrected chi connectivity index (χ1v) is 9.30. The molecular formula is C21H20BrNO2. The number of allylic oxidation sites excluding steroid dienone is 2. The maximum absolute atomic E-state index is 12.3. The van der Waals surface area contributed by atoms with Crippen LogP contribution in [-0.4, -0.2) is 13.1 Å². The van der Waals surface area contributed by atoms with Crippen LogP contribution in [0.2, 0.25) is 0 Å². The van der Waals surface area contributed by atoms with E-state index in [1.165, 1.54) is 12.7 Å². The third-order valence-corrected chi connectivity index (χ3v) is 5.83. The van der Waals surface area contributed by atoms with E-state index in [1.807, 2.05) is 18.2 Å². The first kappa shape index (κ1) is 16.4. The van der Waals surface area contributed by atoms with Gasteiger partial charge in [0.05, 0.1) is 18.7 Å². The maximum atomic E-state index is 12.3. The van der Waals surface area contributed by atoms with Crippen molar-refractivity contribution in [1.82, 2.24) is 0 Å². The summed E-state index contributed by atoms with van der Waals surface area (Å²) in [6, 6.07) is 12.6. The van der Waals surface area contributed by atoms with Gasteiger partial charge < -0.3 is 10.1 Å². The van der Waals surface area contributed by atoms with Gasteiger partial charge in [-0.05, 0) is 54.2 Å². The van der Waals surface area contributed by atoms with E-state index in [0.29, 0.717) is 11.5 Å². The summed E-state index contributed by atoms with van der Waals surface area (Å²) in [5.41, 5.74) is 5.24. The van der Waals surface area contributed by atoms with Gasteiger partial charge in [0.2, 0.25) is 0 Å². The summed E-state index contributed by atoms with van der Waals surface area (Å²) in [6.07, 6.45) is 5.49. The van der Waals surface area contributed by atoms with Crippen molar-refractivity contribution < 1.29 is 9.53 Å². The third-order valence-electron chi connectivity index (χ3n) is 5.34. The van der Waals surface area contributed by atoms with Crippen molar-refractivity contribution >= 4 is 27.6 Å². The molecule has 1 aliphatic heterocycles. The minimum atomic E-state index is -0.266. The highest BCUT2D eigenvalue weighted by atomic mass is 79.9. The lowest BCUT2D eigenvalue weighted by atomic mass is 9.75. The molecule has 25 heavy (non-hydrogen) atoms. The number of rotatable bonds is 2. The van der Waals surface area contributed by atoms with Crippen molar-refractivity contribution in [1.29, 1.82) is 0 Å². The molecule has 2 aromatic carbocycles. The second-order valence-corrected chi connectivity index (χ2v) is 7.66. The minimum Gasteiger partial charge on any atom is -0.465 e. The number of benzene rings is 2. The van der Waals surface area contributed by atoms with Gasteiger partial charge >= 0.3 is 5.97 Å². The molecule has 0 fully saturated rings. The fraction of sp³-hybridized carbons (Fsp3) is 0.286. The summed E-state index contributed by atoms with van der Waals surface area (Å²) >= 11 is 3.58. The molecule has 0 radical (unpaired) electrons. The number of halogens is 1. The number of carbonyl (C=O) groups excluding carboxylic acids is 1. The maximum Gasteiger partial charge on any atom is 0.338 e. The number of aryl methyl sites for hydroxylation is 1. The summed E-state index contributed by atoms with van der Waals surface area (Å²) in [7, 11) is 1.44. The van der Waals surface area contributed by atoms with Gasteiger partial charge in [-0.3, -0.25) is 0 Å². The molecule has 2 aromatic rings. The van der Waals surface area contributed by atoms with Crippen LogP contribution in [0.3, 0.4) is 0 Å². The average molecular weight is 398 g/mol. The number of anilines is 1. The molecule has 3 atom stereocenters. The molecule has 0 spiro atoms. The molecule has 4 rings (SSSR count). The van der Waals surface area contributed by atoms with Crippen molar-refractivity contribution in [3.05, 3.63) is 75.3 Å². The molecule has 0 unspecified atom stereocenters. The van der Waals surface area contributed by atoms with Crippen LogP contribution in [0.5, 0.6) is 0 Å². The second-order valence-electron chi connectivity index (χ2n) is 6.74. The predicted octanol–water partition coefficient (Wildman–Crippen LogP) is 5.37. The number of hydrogen-bond acceptors (Lipinski definition) is 3. The van der Waals surface area contributed by atoms with Crippen LogP contribution >= 0.6 is 15.9 Å². The van der Waals surface area contributed by atoms with E-state index in [4.69, 9.17) is 4.74 Å². The number of esters is 1. The molecule has 1 aliphatic carbocycles. The number of methoxy groups -OCH3 is 1. The van der Waals surface area contributed by atoms with Crippen molar-refractivity contribution in [2.24, 2.45) is 5.92 Å². The Labute approximate surface area is 156 Å². The van der Waals surface area contributed by atoms with Gasteiger partial charge in [-0.25, -0.2) is 4.79 Å². The normalized spacial score (nSPS) is 23.6. The molecule has 3 nitrogen and oxygen atoms in total. The Balaban J connectivity index is 1.87. The summed E-state index contributed by atoms with van der Waals surface area (Å²) in [6.45, 7) is 2.09. The van der Waals surface area contributed by atoms with Crippen LogP contribution in [-0.2, 0) is 4.74 Å². The van der Waals surface area contributed by atoms with Gasteiger partial charge in [0.15, 0.2) is 0 Å². The SMILES string of the molecule is COC(=O)c1ccc(C)c2c1[C@H]1C=CC[C@H]1[C@@H](c1cccc(Br)c1)N2. The second kappa shape index (κ2) is 6.34. The Bertz CT molecular complexity index is 874. The number of hydrogen-bond donors (Lipinski definition) is 1. The van der Waals surface area contributed by atoms with Crippen molar-refractivity contribution in [3.8, 4) is 0 Å².